The molecule has 1 aromatic carbocycles. The molecule has 1 aliphatic heterocycles. The maximum Gasteiger partial charge on any atom is 0.351 e. The SMILES string of the molecule is CCOC(=O)/C(C#N)=C1\SC(C(C)CNc2ccc(OCCO)cc2)C(=O)N1CC. The van der Waals surface area contributed by atoms with Crippen LogP contribution in [-0.2, 0) is 14.3 Å². The summed E-state index contributed by atoms with van der Waals surface area (Å²) in [6.45, 7) is 6.70. The molecule has 0 bridgehead atoms. The lowest BCUT2D eigenvalue weighted by Crippen LogP contribution is -2.34. The van der Waals surface area contributed by atoms with Crippen molar-refractivity contribution >= 4 is 29.3 Å². The predicted octanol–water partition coefficient (Wildman–Crippen LogP) is 2.37. The zero-order chi connectivity index (χ0) is 22.1. The lowest BCUT2D eigenvalue weighted by molar-refractivity contribution is -0.138. The molecule has 0 aliphatic carbocycles. The number of carbonyl (C=O) groups excluding carboxylic acids is 2. The molecule has 0 aromatic heterocycles. The summed E-state index contributed by atoms with van der Waals surface area (Å²) in [6.07, 6.45) is 0. The van der Waals surface area contributed by atoms with E-state index in [4.69, 9.17) is 14.6 Å². The summed E-state index contributed by atoms with van der Waals surface area (Å²) in [6, 6.07) is 9.23. The summed E-state index contributed by atoms with van der Waals surface area (Å²) in [5.74, 6) is -0.206. The van der Waals surface area contributed by atoms with E-state index in [9.17, 15) is 14.9 Å². The molecule has 2 unspecified atom stereocenters. The molecule has 2 rings (SSSR count). The van der Waals surface area contributed by atoms with Gasteiger partial charge in [0.2, 0.25) is 5.91 Å². The number of hydrogen-bond acceptors (Lipinski definition) is 8. The van der Waals surface area contributed by atoms with E-state index in [2.05, 4.69) is 5.32 Å². The third kappa shape index (κ3) is 5.68. The zero-order valence-corrected chi connectivity index (χ0v) is 18.2. The molecule has 0 spiro atoms. The second kappa shape index (κ2) is 11.5. The van der Waals surface area contributed by atoms with Gasteiger partial charge >= 0.3 is 5.97 Å². The molecule has 8 nitrogen and oxygen atoms in total. The van der Waals surface area contributed by atoms with Crippen molar-refractivity contribution in [3.05, 3.63) is 34.9 Å². The van der Waals surface area contributed by atoms with Gasteiger partial charge in [-0.2, -0.15) is 5.26 Å². The van der Waals surface area contributed by atoms with E-state index >= 15 is 0 Å². The number of nitriles is 1. The molecule has 1 heterocycles. The van der Waals surface area contributed by atoms with Crippen molar-refractivity contribution in [1.82, 2.24) is 4.90 Å². The molecule has 2 N–H and O–H groups in total. The second-order valence-corrected chi connectivity index (χ2v) is 7.72. The van der Waals surface area contributed by atoms with Gasteiger partial charge in [-0.15, -0.1) is 0 Å². The van der Waals surface area contributed by atoms with Gasteiger partial charge in [0.15, 0.2) is 5.57 Å². The molecule has 1 saturated heterocycles. The lowest BCUT2D eigenvalue weighted by Gasteiger charge is -2.19. The third-order valence-electron chi connectivity index (χ3n) is 4.47. The van der Waals surface area contributed by atoms with Gasteiger partial charge in [-0.05, 0) is 44.0 Å². The minimum atomic E-state index is -0.705. The highest BCUT2D eigenvalue weighted by molar-refractivity contribution is 8.04. The fraction of sp³-hybridized carbons (Fsp3) is 0.476. The van der Waals surface area contributed by atoms with Crippen molar-refractivity contribution in [2.45, 2.75) is 26.0 Å². The molecule has 1 fully saturated rings. The number of benzene rings is 1. The van der Waals surface area contributed by atoms with E-state index in [0.717, 1.165) is 5.69 Å². The first-order chi connectivity index (χ1) is 14.5. The van der Waals surface area contributed by atoms with Crippen LogP contribution in [0.2, 0.25) is 0 Å². The van der Waals surface area contributed by atoms with Gasteiger partial charge in [0, 0.05) is 18.8 Å². The summed E-state index contributed by atoms with van der Waals surface area (Å²) in [5.41, 5.74) is 0.749. The second-order valence-electron chi connectivity index (χ2n) is 6.59. The van der Waals surface area contributed by atoms with Crippen molar-refractivity contribution in [1.29, 1.82) is 5.26 Å². The number of aliphatic hydroxyl groups excluding tert-OH is 1. The maximum atomic E-state index is 12.9. The van der Waals surface area contributed by atoms with E-state index in [1.807, 2.05) is 32.0 Å². The Hall–Kier alpha value is -2.70. The summed E-state index contributed by atoms with van der Waals surface area (Å²) in [7, 11) is 0. The first-order valence-corrected chi connectivity index (χ1v) is 10.7. The molecule has 0 radical (unpaired) electrons. The zero-order valence-electron chi connectivity index (χ0n) is 17.4. The normalized spacial score (nSPS) is 18.6. The number of carbonyl (C=O) groups is 2. The molecule has 9 heteroatoms. The van der Waals surface area contributed by atoms with Gasteiger partial charge in [-0.25, -0.2) is 4.79 Å². The predicted molar refractivity (Wildman–Crippen MR) is 115 cm³/mol. The van der Waals surface area contributed by atoms with Crippen molar-refractivity contribution < 1.29 is 24.2 Å². The minimum Gasteiger partial charge on any atom is -0.491 e. The van der Waals surface area contributed by atoms with Gasteiger partial charge in [0.05, 0.1) is 18.5 Å². The quantitative estimate of drug-likeness (QED) is 0.329. The number of thioether (sulfide) groups is 1. The van der Waals surface area contributed by atoms with Crippen LogP contribution in [0.5, 0.6) is 5.75 Å². The summed E-state index contributed by atoms with van der Waals surface area (Å²) < 4.78 is 10.3. The number of ether oxygens (including phenoxy) is 2. The molecule has 1 aliphatic rings. The molecular formula is C21H27N3O5S. The first kappa shape index (κ1) is 23.6. The number of rotatable bonds is 10. The Bertz CT molecular complexity index is 819. The van der Waals surface area contributed by atoms with Crippen LogP contribution in [0.25, 0.3) is 0 Å². The Kier molecular flexibility index (Phi) is 9.02. The van der Waals surface area contributed by atoms with Crippen LogP contribution < -0.4 is 10.1 Å². The Morgan fingerprint density at radius 2 is 2.07 bits per heavy atom. The van der Waals surface area contributed by atoms with E-state index in [1.165, 1.54) is 16.7 Å². The Balaban J connectivity index is 2.07. The smallest absolute Gasteiger partial charge is 0.351 e. The first-order valence-electron chi connectivity index (χ1n) is 9.83. The van der Waals surface area contributed by atoms with Crippen molar-refractivity contribution in [3.63, 3.8) is 0 Å². The number of esters is 1. The van der Waals surface area contributed by atoms with Crippen molar-refractivity contribution in [2.75, 3.05) is 38.2 Å². The highest BCUT2D eigenvalue weighted by atomic mass is 32.2. The van der Waals surface area contributed by atoms with Crippen LogP contribution in [-0.4, -0.2) is 60.0 Å². The Morgan fingerprint density at radius 3 is 2.63 bits per heavy atom. The highest BCUT2D eigenvalue weighted by Gasteiger charge is 2.41. The van der Waals surface area contributed by atoms with Crippen LogP contribution in [0.1, 0.15) is 20.8 Å². The molecule has 2 atom stereocenters. The van der Waals surface area contributed by atoms with E-state index in [1.54, 1.807) is 19.1 Å². The van der Waals surface area contributed by atoms with E-state index in [-0.39, 0.29) is 37.2 Å². The molecule has 1 amide bonds. The Morgan fingerprint density at radius 1 is 1.37 bits per heavy atom. The maximum absolute atomic E-state index is 12.9. The van der Waals surface area contributed by atoms with Crippen LogP contribution >= 0.6 is 11.8 Å². The van der Waals surface area contributed by atoms with Gasteiger partial charge in [-0.3, -0.25) is 4.79 Å². The Labute approximate surface area is 180 Å². The third-order valence-corrected chi connectivity index (χ3v) is 6.04. The monoisotopic (exact) mass is 433 g/mol. The topological polar surface area (TPSA) is 112 Å². The van der Waals surface area contributed by atoms with E-state index in [0.29, 0.717) is 23.9 Å². The highest BCUT2D eigenvalue weighted by Crippen LogP contribution is 2.40. The van der Waals surface area contributed by atoms with Crippen LogP contribution in [0, 0.1) is 17.2 Å². The molecular weight excluding hydrogens is 406 g/mol. The van der Waals surface area contributed by atoms with Gasteiger partial charge in [-0.1, -0.05) is 18.7 Å². The van der Waals surface area contributed by atoms with Crippen LogP contribution in [0.3, 0.4) is 0 Å². The number of nitrogens with one attached hydrogen (secondary N) is 1. The number of anilines is 1. The molecule has 162 valence electrons. The molecule has 30 heavy (non-hydrogen) atoms. The lowest BCUT2D eigenvalue weighted by atomic mass is 10.1. The van der Waals surface area contributed by atoms with Crippen LogP contribution in [0.4, 0.5) is 5.69 Å². The van der Waals surface area contributed by atoms with Crippen LogP contribution in [0.15, 0.2) is 34.9 Å². The van der Waals surface area contributed by atoms with Crippen molar-refractivity contribution in [2.24, 2.45) is 5.92 Å². The average Bonchev–Trinajstić information content (AvgIpc) is 3.08. The van der Waals surface area contributed by atoms with Gasteiger partial charge < -0.3 is 24.8 Å². The number of nitrogens with zero attached hydrogens (tertiary/aromatic N) is 2. The largest absolute Gasteiger partial charge is 0.491 e. The van der Waals surface area contributed by atoms with Gasteiger partial charge in [0.1, 0.15) is 23.5 Å². The summed E-state index contributed by atoms with van der Waals surface area (Å²) in [5, 5.41) is 21.5. The standard InChI is InChI=1S/C21H27N3O5S/c1-4-24-19(26)18(30-20(24)17(12-22)21(27)28-5-2)14(3)13-23-15-6-8-16(9-7-15)29-11-10-25/h6-9,14,18,23,25H,4-5,10-11,13H2,1-3H3/b20-17-. The molecule has 1 aromatic rings. The fourth-order valence-corrected chi connectivity index (χ4v) is 4.33. The van der Waals surface area contributed by atoms with Crippen molar-refractivity contribution in [3.8, 4) is 11.8 Å². The summed E-state index contributed by atoms with van der Waals surface area (Å²) in [4.78, 5) is 26.5. The van der Waals surface area contributed by atoms with Gasteiger partial charge in [0.25, 0.3) is 0 Å². The fourth-order valence-electron chi connectivity index (χ4n) is 2.94. The number of amides is 1. The summed E-state index contributed by atoms with van der Waals surface area (Å²) >= 11 is 1.24. The molecule has 0 saturated carbocycles. The minimum absolute atomic E-state index is 0.0422. The number of hydrogen-bond donors (Lipinski definition) is 2. The van der Waals surface area contributed by atoms with E-state index < -0.39 is 11.2 Å². The average molecular weight is 434 g/mol. The number of aliphatic hydroxyl groups is 1.